The first-order chi connectivity index (χ1) is 10.1. The molecule has 2 aromatic rings. The molecule has 0 spiro atoms. The van der Waals surface area contributed by atoms with E-state index in [2.05, 4.69) is 41.1 Å². The third-order valence-corrected chi connectivity index (χ3v) is 4.13. The molecule has 1 fully saturated rings. The van der Waals surface area contributed by atoms with E-state index in [0.29, 0.717) is 12.0 Å². The van der Waals surface area contributed by atoms with E-state index in [9.17, 15) is 4.79 Å². The number of pyridine rings is 1. The number of carboxylic acids is 1. The van der Waals surface area contributed by atoms with Gasteiger partial charge in [-0.15, -0.1) is 0 Å². The molecule has 0 amide bonds. The molecule has 1 aliphatic rings. The second-order valence-electron chi connectivity index (χ2n) is 5.55. The maximum absolute atomic E-state index is 10.9. The molecule has 1 aromatic carbocycles. The highest BCUT2D eigenvalue weighted by Crippen LogP contribution is 2.33. The quantitative estimate of drug-likeness (QED) is 0.939. The normalized spacial score (nSPS) is 21.5. The molecule has 4 nitrogen and oxygen atoms in total. The monoisotopic (exact) mass is 282 g/mol. The van der Waals surface area contributed by atoms with Crippen molar-refractivity contribution >= 4 is 11.8 Å². The molecule has 0 aliphatic carbocycles. The average Bonchev–Trinajstić information content (AvgIpc) is 2.90. The second kappa shape index (κ2) is 5.56. The highest BCUT2D eigenvalue weighted by Gasteiger charge is 2.30. The number of nitrogens with zero attached hydrogens (tertiary/aromatic N) is 2. The van der Waals surface area contributed by atoms with Crippen LogP contribution in [-0.2, 0) is 0 Å². The lowest BCUT2D eigenvalue weighted by atomic mass is 9.97. The van der Waals surface area contributed by atoms with Crippen molar-refractivity contribution < 1.29 is 9.90 Å². The molecule has 1 aliphatic heterocycles. The minimum Gasteiger partial charge on any atom is -0.478 e. The van der Waals surface area contributed by atoms with Crippen molar-refractivity contribution in [3.05, 3.63) is 59.8 Å². The zero-order chi connectivity index (χ0) is 14.8. The van der Waals surface area contributed by atoms with E-state index in [4.69, 9.17) is 5.11 Å². The Balaban J connectivity index is 1.79. The van der Waals surface area contributed by atoms with Crippen molar-refractivity contribution in [2.24, 2.45) is 0 Å². The summed E-state index contributed by atoms with van der Waals surface area (Å²) in [6, 6.07) is 14.3. The van der Waals surface area contributed by atoms with E-state index in [-0.39, 0.29) is 5.56 Å². The van der Waals surface area contributed by atoms with Gasteiger partial charge in [-0.2, -0.15) is 0 Å². The van der Waals surface area contributed by atoms with Crippen LogP contribution in [0.25, 0.3) is 0 Å². The third-order valence-electron chi connectivity index (χ3n) is 4.13. The number of aromatic carboxylic acids is 1. The highest BCUT2D eigenvalue weighted by atomic mass is 16.4. The van der Waals surface area contributed by atoms with Crippen molar-refractivity contribution in [1.82, 2.24) is 4.98 Å². The fourth-order valence-electron chi connectivity index (χ4n) is 3.00. The molecule has 2 atom stereocenters. The van der Waals surface area contributed by atoms with E-state index < -0.39 is 5.97 Å². The number of hydrogen-bond acceptors (Lipinski definition) is 3. The van der Waals surface area contributed by atoms with Crippen LogP contribution in [-0.4, -0.2) is 28.6 Å². The van der Waals surface area contributed by atoms with Crippen molar-refractivity contribution in [2.45, 2.75) is 25.3 Å². The summed E-state index contributed by atoms with van der Waals surface area (Å²) in [5.74, 6) is 0.416. The van der Waals surface area contributed by atoms with Gasteiger partial charge in [0.1, 0.15) is 5.82 Å². The number of hydrogen-bond donors (Lipinski definition) is 1. The minimum absolute atomic E-state index is 0.227. The number of aromatic nitrogens is 1. The van der Waals surface area contributed by atoms with Crippen molar-refractivity contribution in [1.29, 1.82) is 0 Å². The van der Waals surface area contributed by atoms with E-state index in [0.717, 1.165) is 18.8 Å². The Morgan fingerprint density at radius 1 is 1.24 bits per heavy atom. The summed E-state index contributed by atoms with van der Waals surface area (Å²) in [5.41, 5.74) is 1.58. The fourth-order valence-corrected chi connectivity index (χ4v) is 3.00. The predicted octanol–water partition coefficient (Wildman–Crippen LogP) is 3.16. The Labute approximate surface area is 124 Å². The van der Waals surface area contributed by atoms with Gasteiger partial charge in [0.2, 0.25) is 0 Å². The van der Waals surface area contributed by atoms with Crippen molar-refractivity contribution in [3.63, 3.8) is 0 Å². The van der Waals surface area contributed by atoms with Crippen LogP contribution in [0.15, 0.2) is 48.7 Å². The largest absolute Gasteiger partial charge is 0.478 e. The lowest BCUT2D eigenvalue weighted by Gasteiger charge is -2.22. The van der Waals surface area contributed by atoms with Crippen LogP contribution >= 0.6 is 0 Å². The summed E-state index contributed by atoms with van der Waals surface area (Å²) in [7, 11) is 0. The van der Waals surface area contributed by atoms with Gasteiger partial charge in [-0.05, 0) is 31.0 Å². The molecule has 4 heteroatoms. The van der Waals surface area contributed by atoms with Gasteiger partial charge in [0.25, 0.3) is 0 Å². The first-order valence-electron chi connectivity index (χ1n) is 7.16. The summed E-state index contributed by atoms with van der Waals surface area (Å²) in [6.45, 7) is 3.11. The number of carboxylic acid groups (broad SMARTS) is 1. The van der Waals surface area contributed by atoms with E-state index >= 15 is 0 Å². The van der Waals surface area contributed by atoms with Crippen LogP contribution in [0.1, 0.15) is 35.2 Å². The van der Waals surface area contributed by atoms with Gasteiger partial charge >= 0.3 is 5.97 Å². The van der Waals surface area contributed by atoms with Crippen LogP contribution in [0.3, 0.4) is 0 Å². The summed E-state index contributed by atoms with van der Waals surface area (Å²) in [6.07, 6.45) is 2.52. The molecule has 1 saturated heterocycles. The van der Waals surface area contributed by atoms with E-state index in [1.165, 1.54) is 11.8 Å². The molecule has 0 radical (unpaired) electrons. The number of benzene rings is 1. The third kappa shape index (κ3) is 2.75. The second-order valence-corrected chi connectivity index (χ2v) is 5.55. The van der Waals surface area contributed by atoms with Crippen LogP contribution in [0.5, 0.6) is 0 Å². The van der Waals surface area contributed by atoms with E-state index in [1.807, 2.05) is 6.07 Å². The molecule has 0 saturated carbocycles. The van der Waals surface area contributed by atoms with Gasteiger partial charge in [-0.25, -0.2) is 9.78 Å². The summed E-state index contributed by atoms with van der Waals surface area (Å²) in [5, 5.41) is 8.93. The van der Waals surface area contributed by atoms with Gasteiger partial charge in [0.15, 0.2) is 0 Å². The Kier molecular flexibility index (Phi) is 3.60. The Bertz CT molecular complexity index is 625. The lowest BCUT2D eigenvalue weighted by Crippen LogP contribution is -2.27. The minimum atomic E-state index is -0.939. The number of carbonyl (C=O) groups is 1. The van der Waals surface area contributed by atoms with Gasteiger partial charge in [0.05, 0.1) is 5.56 Å². The Hall–Kier alpha value is -2.36. The summed E-state index contributed by atoms with van der Waals surface area (Å²) < 4.78 is 0. The molecule has 1 N–H and O–H groups in total. The molecule has 3 rings (SSSR count). The first kappa shape index (κ1) is 13.6. The number of rotatable bonds is 3. The lowest BCUT2D eigenvalue weighted by molar-refractivity contribution is 0.0696. The van der Waals surface area contributed by atoms with Crippen LogP contribution in [0, 0.1) is 0 Å². The van der Waals surface area contributed by atoms with Crippen molar-refractivity contribution in [3.8, 4) is 0 Å². The topological polar surface area (TPSA) is 53.4 Å². The highest BCUT2D eigenvalue weighted by molar-refractivity contribution is 5.87. The Morgan fingerprint density at radius 3 is 2.62 bits per heavy atom. The van der Waals surface area contributed by atoms with Gasteiger partial charge in [-0.1, -0.05) is 30.3 Å². The summed E-state index contributed by atoms with van der Waals surface area (Å²) in [4.78, 5) is 17.4. The average molecular weight is 282 g/mol. The zero-order valence-electron chi connectivity index (χ0n) is 11.9. The zero-order valence-corrected chi connectivity index (χ0v) is 11.9. The van der Waals surface area contributed by atoms with Gasteiger partial charge < -0.3 is 10.0 Å². The molecule has 2 unspecified atom stereocenters. The maximum atomic E-state index is 10.9. The van der Waals surface area contributed by atoms with Crippen LogP contribution < -0.4 is 4.90 Å². The standard InChI is InChI=1S/C17H18N2O2/c1-12-9-15(13-5-3-2-4-6-13)11-19(12)16-8-7-14(10-18-16)17(20)21/h2-8,10,12,15H,9,11H2,1H3,(H,20,21). The molecule has 1 aromatic heterocycles. The van der Waals surface area contributed by atoms with Crippen molar-refractivity contribution in [2.75, 3.05) is 11.4 Å². The molecular weight excluding hydrogens is 264 g/mol. The SMILES string of the molecule is CC1CC(c2ccccc2)CN1c1ccc(C(=O)O)cn1. The summed E-state index contributed by atoms with van der Waals surface area (Å²) >= 11 is 0. The fraction of sp³-hybridized carbons (Fsp3) is 0.294. The molecule has 0 bridgehead atoms. The molecule has 2 heterocycles. The number of anilines is 1. The van der Waals surface area contributed by atoms with Gasteiger partial charge in [0, 0.05) is 24.7 Å². The van der Waals surface area contributed by atoms with Crippen LogP contribution in [0.2, 0.25) is 0 Å². The molecule has 108 valence electrons. The predicted molar refractivity (Wildman–Crippen MR) is 81.8 cm³/mol. The smallest absolute Gasteiger partial charge is 0.337 e. The molecular formula is C17H18N2O2. The van der Waals surface area contributed by atoms with E-state index in [1.54, 1.807) is 12.1 Å². The molecule has 21 heavy (non-hydrogen) atoms. The maximum Gasteiger partial charge on any atom is 0.337 e. The van der Waals surface area contributed by atoms with Gasteiger partial charge in [-0.3, -0.25) is 0 Å². The Morgan fingerprint density at radius 2 is 2.00 bits per heavy atom. The first-order valence-corrected chi connectivity index (χ1v) is 7.16. The van der Waals surface area contributed by atoms with Crippen LogP contribution in [0.4, 0.5) is 5.82 Å².